The minimum atomic E-state index is -0.489. The summed E-state index contributed by atoms with van der Waals surface area (Å²) in [5.41, 5.74) is 1.49. The summed E-state index contributed by atoms with van der Waals surface area (Å²) < 4.78 is 1.77. The summed E-state index contributed by atoms with van der Waals surface area (Å²) in [7, 11) is 0. The van der Waals surface area contributed by atoms with Gasteiger partial charge in [-0.2, -0.15) is 0 Å². The smallest absolute Gasteiger partial charge is 0.269 e. The molecule has 3 rings (SSSR count). The van der Waals surface area contributed by atoms with Gasteiger partial charge in [-0.3, -0.25) is 19.7 Å². The zero-order chi connectivity index (χ0) is 25.5. The Morgan fingerprint density at radius 1 is 1.26 bits per heavy atom. The molecular weight excluding hydrogens is 492 g/mol. The van der Waals surface area contributed by atoms with Crippen molar-refractivity contribution in [3.63, 3.8) is 0 Å². The molecule has 0 aliphatic carbocycles. The molecule has 0 spiro atoms. The second-order valence-corrected chi connectivity index (χ2v) is 8.91. The van der Waals surface area contributed by atoms with Crippen molar-refractivity contribution in [2.75, 3.05) is 11.1 Å². The largest absolute Gasteiger partial charge is 0.342 e. The van der Waals surface area contributed by atoms with E-state index in [1.165, 1.54) is 30.0 Å². The summed E-state index contributed by atoms with van der Waals surface area (Å²) in [5, 5.41) is 25.9. The lowest BCUT2D eigenvalue weighted by atomic mass is 10.2. The number of benzene rings is 2. The van der Waals surface area contributed by atoms with Gasteiger partial charge in [0.05, 0.1) is 16.7 Å². The van der Waals surface area contributed by atoms with Crippen molar-refractivity contribution >= 4 is 46.6 Å². The van der Waals surface area contributed by atoms with Crippen LogP contribution in [0.1, 0.15) is 34.7 Å². The molecule has 0 aliphatic heterocycles. The minimum Gasteiger partial charge on any atom is -0.342 e. The quantitative estimate of drug-likeness (QED) is 0.175. The molecule has 0 unspecified atom stereocenters. The van der Waals surface area contributed by atoms with Crippen LogP contribution in [0.15, 0.2) is 60.3 Å². The van der Waals surface area contributed by atoms with E-state index in [0.717, 1.165) is 0 Å². The Morgan fingerprint density at radius 3 is 2.60 bits per heavy atom. The van der Waals surface area contributed by atoms with Gasteiger partial charge in [0.25, 0.3) is 11.6 Å². The number of halogens is 1. The topological polar surface area (TPSA) is 132 Å². The summed E-state index contributed by atoms with van der Waals surface area (Å²) in [6.45, 7) is 7.62. The van der Waals surface area contributed by atoms with Gasteiger partial charge in [0.2, 0.25) is 5.91 Å². The third-order valence-corrected chi connectivity index (χ3v) is 6.14. The number of carbonyl (C=O) groups is 2. The maximum Gasteiger partial charge on any atom is 0.269 e. The molecule has 0 saturated carbocycles. The van der Waals surface area contributed by atoms with E-state index < -0.39 is 11.0 Å². The summed E-state index contributed by atoms with van der Waals surface area (Å²) >= 11 is 7.06. The van der Waals surface area contributed by atoms with Gasteiger partial charge in [-0.25, -0.2) is 0 Å². The van der Waals surface area contributed by atoms with Gasteiger partial charge in [0, 0.05) is 35.0 Å². The molecule has 2 N–H and O–H groups in total. The molecule has 0 aliphatic rings. The van der Waals surface area contributed by atoms with Crippen LogP contribution >= 0.6 is 23.4 Å². The van der Waals surface area contributed by atoms with Gasteiger partial charge in [0.1, 0.15) is 0 Å². The van der Waals surface area contributed by atoms with Gasteiger partial charge in [-0.15, -0.1) is 16.8 Å². The van der Waals surface area contributed by atoms with Crippen molar-refractivity contribution in [2.24, 2.45) is 0 Å². The average Bonchev–Trinajstić information content (AvgIpc) is 3.22. The van der Waals surface area contributed by atoms with Crippen molar-refractivity contribution < 1.29 is 14.5 Å². The second-order valence-electron chi connectivity index (χ2n) is 7.54. The number of amides is 2. The lowest BCUT2D eigenvalue weighted by molar-refractivity contribution is -0.384. The summed E-state index contributed by atoms with van der Waals surface area (Å²) in [6, 6.07) is 10.3. The van der Waals surface area contributed by atoms with Gasteiger partial charge in [0.15, 0.2) is 11.0 Å². The summed E-state index contributed by atoms with van der Waals surface area (Å²) in [6.07, 6.45) is 1.67. The zero-order valence-electron chi connectivity index (χ0n) is 19.0. The molecule has 2 aromatic carbocycles. The van der Waals surface area contributed by atoms with E-state index in [1.807, 2.05) is 0 Å². The van der Waals surface area contributed by atoms with Crippen LogP contribution in [0.3, 0.4) is 0 Å². The first-order chi connectivity index (χ1) is 16.7. The molecule has 12 heteroatoms. The third-order valence-electron chi connectivity index (χ3n) is 4.93. The highest BCUT2D eigenvalue weighted by atomic mass is 35.5. The number of aryl methyl sites for hydroxylation is 1. The molecule has 1 atom stereocenters. The van der Waals surface area contributed by atoms with Crippen molar-refractivity contribution in [1.82, 2.24) is 20.1 Å². The molecule has 182 valence electrons. The number of allylic oxidation sites excluding steroid dienone is 1. The maximum absolute atomic E-state index is 12.6. The lowest BCUT2D eigenvalue weighted by Gasteiger charge is -2.15. The standard InChI is InChI=1S/C23H23ClN6O4S/c1-4-11-29-21(15(3)25-22(32)16-5-7-17(24)8-6-16)27-28-23(29)35-13-20(31)26-19-10-9-18(30(33)34)12-14(19)2/h4-10,12,15H,1,11,13H2,2-3H3,(H,25,32)(H,26,31)/t15-/m1/s1. The number of nitrogens with zero attached hydrogens (tertiary/aromatic N) is 4. The number of anilines is 1. The highest BCUT2D eigenvalue weighted by molar-refractivity contribution is 7.99. The first-order valence-electron chi connectivity index (χ1n) is 10.5. The van der Waals surface area contributed by atoms with E-state index in [0.29, 0.717) is 39.4 Å². The van der Waals surface area contributed by atoms with Gasteiger partial charge < -0.3 is 15.2 Å². The molecular formula is C23H23ClN6O4S. The lowest BCUT2D eigenvalue weighted by Crippen LogP contribution is -2.28. The highest BCUT2D eigenvalue weighted by Crippen LogP contribution is 2.24. The van der Waals surface area contributed by atoms with Crippen LogP contribution in [-0.2, 0) is 11.3 Å². The van der Waals surface area contributed by atoms with Crippen LogP contribution in [0.2, 0.25) is 5.02 Å². The number of hydrogen-bond donors (Lipinski definition) is 2. The molecule has 0 radical (unpaired) electrons. The Hall–Kier alpha value is -3.70. The predicted octanol–water partition coefficient (Wildman–Crippen LogP) is 4.56. The number of nitro groups is 1. The molecule has 35 heavy (non-hydrogen) atoms. The average molecular weight is 515 g/mol. The molecule has 2 amide bonds. The first kappa shape index (κ1) is 25.9. The molecule has 1 heterocycles. The maximum atomic E-state index is 12.6. The Morgan fingerprint density at radius 2 is 1.97 bits per heavy atom. The van der Waals surface area contributed by atoms with Gasteiger partial charge in [-0.1, -0.05) is 29.4 Å². The number of thioether (sulfide) groups is 1. The second kappa shape index (κ2) is 11.6. The van der Waals surface area contributed by atoms with E-state index in [-0.39, 0.29) is 23.3 Å². The molecule has 0 saturated heterocycles. The van der Waals surface area contributed by atoms with E-state index in [1.54, 1.807) is 48.8 Å². The van der Waals surface area contributed by atoms with E-state index in [2.05, 4.69) is 27.4 Å². The van der Waals surface area contributed by atoms with Crippen LogP contribution < -0.4 is 10.6 Å². The molecule has 0 bridgehead atoms. The van der Waals surface area contributed by atoms with Crippen molar-refractivity contribution in [3.8, 4) is 0 Å². The Labute approximate surface area is 210 Å². The van der Waals surface area contributed by atoms with Crippen LogP contribution in [0.5, 0.6) is 0 Å². The summed E-state index contributed by atoms with van der Waals surface area (Å²) in [4.78, 5) is 35.4. The Bertz CT molecular complexity index is 1260. The number of aromatic nitrogens is 3. The third kappa shape index (κ3) is 6.67. The Kier molecular flexibility index (Phi) is 8.61. The number of nitrogens with one attached hydrogen (secondary N) is 2. The fraction of sp³-hybridized carbons (Fsp3) is 0.217. The molecule has 0 fully saturated rings. The minimum absolute atomic E-state index is 0.0389. The molecule has 3 aromatic rings. The van der Waals surface area contributed by atoms with Crippen molar-refractivity contribution in [1.29, 1.82) is 0 Å². The summed E-state index contributed by atoms with van der Waals surface area (Å²) in [5.74, 6) is -0.0292. The normalized spacial score (nSPS) is 11.5. The van der Waals surface area contributed by atoms with Crippen LogP contribution in [0.4, 0.5) is 11.4 Å². The SMILES string of the molecule is C=CCn1c(SCC(=O)Nc2ccc([N+](=O)[O-])cc2C)nnc1[C@@H](C)NC(=O)c1ccc(Cl)cc1. The van der Waals surface area contributed by atoms with Crippen LogP contribution in [0.25, 0.3) is 0 Å². The monoisotopic (exact) mass is 514 g/mol. The number of non-ortho nitro benzene ring substituents is 1. The van der Waals surface area contributed by atoms with Gasteiger partial charge >= 0.3 is 0 Å². The number of nitro benzene ring substituents is 1. The van der Waals surface area contributed by atoms with Crippen LogP contribution in [-0.4, -0.2) is 37.3 Å². The highest BCUT2D eigenvalue weighted by Gasteiger charge is 2.21. The predicted molar refractivity (Wildman–Crippen MR) is 135 cm³/mol. The fourth-order valence-corrected chi connectivity index (χ4v) is 4.07. The Balaban J connectivity index is 1.66. The van der Waals surface area contributed by atoms with E-state index >= 15 is 0 Å². The number of hydrogen-bond acceptors (Lipinski definition) is 7. The number of rotatable bonds is 10. The van der Waals surface area contributed by atoms with E-state index in [4.69, 9.17) is 11.6 Å². The zero-order valence-corrected chi connectivity index (χ0v) is 20.6. The van der Waals surface area contributed by atoms with E-state index in [9.17, 15) is 19.7 Å². The first-order valence-corrected chi connectivity index (χ1v) is 11.8. The van der Waals surface area contributed by atoms with Crippen LogP contribution in [0, 0.1) is 17.0 Å². The fourth-order valence-electron chi connectivity index (χ4n) is 3.19. The van der Waals surface area contributed by atoms with Gasteiger partial charge in [-0.05, 0) is 49.7 Å². The molecule has 10 nitrogen and oxygen atoms in total. The molecule has 1 aromatic heterocycles. The van der Waals surface area contributed by atoms with Crippen molar-refractivity contribution in [2.45, 2.75) is 31.6 Å². The number of carbonyl (C=O) groups excluding carboxylic acids is 2. The van der Waals surface area contributed by atoms with Crippen molar-refractivity contribution in [3.05, 3.63) is 87.2 Å².